The molecule has 9 atom stereocenters. The summed E-state index contributed by atoms with van der Waals surface area (Å²) in [6, 6.07) is -6.39. The molecule has 4 rings (SSSR count). The fraction of sp³-hybridized carbons (Fsp3) is 0.638. The number of hydrogen-bond donors (Lipinski definition) is 15. The fourth-order valence-corrected chi connectivity index (χ4v) is 9.98. The van der Waals surface area contributed by atoms with E-state index in [-0.39, 0.29) is 115 Å². The van der Waals surface area contributed by atoms with Gasteiger partial charge in [0.05, 0.1) is 37.9 Å². The number of piperidine rings is 1. The van der Waals surface area contributed by atoms with E-state index in [1.807, 2.05) is 0 Å². The van der Waals surface area contributed by atoms with E-state index in [2.05, 4.69) is 46.9 Å². The lowest BCUT2D eigenvalue weighted by Crippen LogP contribution is -2.61. The lowest BCUT2D eigenvalue weighted by Gasteiger charge is -2.34. The number of likely N-dealkylation sites (tertiary alicyclic amines) is 3. The zero-order valence-electron chi connectivity index (χ0n) is 43.8. The molecule has 79 heavy (non-hydrogen) atoms. The van der Waals surface area contributed by atoms with E-state index in [1.54, 1.807) is 17.5 Å². The van der Waals surface area contributed by atoms with Crippen molar-refractivity contribution in [1.29, 1.82) is 0 Å². The molecule has 3 saturated heterocycles. The van der Waals surface area contributed by atoms with Crippen LogP contribution >= 0.6 is 11.3 Å². The fourth-order valence-electron chi connectivity index (χ4n) is 9.22. The van der Waals surface area contributed by atoms with Gasteiger partial charge in [-0.2, -0.15) is 0 Å². The molecule has 0 aliphatic carbocycles. The Morgan fingerprint density at radius 1 is 0.734 bits per heavy atom. The van der Waals surface area contributed by atoms with Crippen LogP contribution in [0.15, 0.2) is 32.5 Å². The molecule has 3 aliphatic heterocycles. The SMILES string of the molecule is NC(N)=NCCC[C@H](NC(=O)CN1CCC[C@H](N[C@@H](CO)C(=O)N[C@@H](Cc2cccs2)C(=O)NCC(=O)N2CCC(O)[C@H]2C(=O)N2CCC[C@H]2C(=O)N[C@@H](CCCN=C(N)N)C(=O)N[C@@H](C=O)CCCN=C(N)N)C1=O)C(=O)O. The van der Waals surface area contributed by atoms with Gasteiger partial charge in [-0.1, -0.05) is 6.07 Å². The minimum Gasteiger partial charge on any atom is -0.480 e. The third-order valence-electron chi connectivity index (χ3n) is 13.2. The number of carbonyl (C=O) groups is 10. The summed E-state index contributed by atoms with van der Waals surface area (Å²) in [5.41, 5.74) is 32.2. The monoisotopic (exact) mass is 1130 g/mol. The number of amides is 8. The molecule has 1 aromatic heterocycles. The summed E-state index contributed by atoms with van der Waals surface area (Å²) in [5.74, 6) is -7.72. The number of aliphatic carboxylic acids is 1. The number of nitrogens with two attached hydrogens (primary N) is 6. The molecule has 0 bridgehead atoms. The van der Waals surface area contributed by atoms with Crippen molar-refractivity contribution in [3.05, 3.63) is 22.4 Å². The highest BCUT2D eigenvalue weighted by Gasteiger charge is 2.47. The zero-order valence-corrected chi connectivity index (χ0v) is 44.7. The van der Waals surface area contributed by atoms with Gasteiger partial charge >= 0.3 is 5.97 Å². The van der Waals surface area contributed by atoms with Gasteiger partial charge in [0.1, 0.15) is 42.5 Å². The number of aliphatic hydroxyl groups excluding tert-OH is 2. The second-order valence-corrected chi connectivity index (χ2v) is 20.1. The van der Waals surface area contributed by atoms with Crippen LogP contribution in [0.2, 0.25) is 0 Å². The third-order valence-corrected chi connectivity index (χ3v) is 14.1. The molecular weight excluding hydrogens is 1060 g/mol. The van der Waals surface area contributed by atoms with Crippen LogP contribution in [0.25, 0.3) is 0 Å². The lowest BCUT2D eigenvalue weighted by atomic mass is 10.0. The van der Waals surface area contributed by atoms with Crippen LogP contribution in [0.1, 0.15) is 75.5 Å². The summed E-state index contributed by atoms with van der Waals surface area (Å²) >= 11 is 1.28. The highest BCUT2D eigenvalue weighted by atomic mass is 32.1. The smallest absolute Gasteiger partial charge is 0.326 e. The number of aliphatic imine (C=N–C) groups is 3. The van der Waals surface area contributed by atoms with Crippen LogP contribution in [-0.2, 0) is 54.4 Å². The number of nitrogens with zero attached hydrogens (tertiary/aromatic N) is 6. The molecule has 31 nitrogen and oxygen atoms in total. The number of thiophene rings is 1. The average molecular weight is 1130 g/mol. The van der Waals surface area contributed by atoms with Gasteiger partial charge in [-0.3, -0.25) is 58.7 Å². The average Bonchev–Trinajstić information content (AvgIpc) is 4.22. The standard InChI is InChI=1S/C47H76N18O13S/c48-45(49)54-14-1-7-26(24-66)58-39(72)28(9-2-15-55-46(50)51)61-41(74)33-12-5-18-64(33)43(76)37-34(68)13-19-65(37)36(70)22-57-38(71)31(21-27-8-6-20-79-27)62-40(73)32(25-67)59-29-11-4-17-63(42(29)75)23-35(69)60-30(44(77)78)10-3-16-56-47(52)53/h6,8,20,24,26,28-34,37,59,67-68H,1-5,7,9-19,21-23,25H2,(H,57,71)(H,58,72)(H,60,69)(H,61,74)(H,62,73)(H,77,78)(H4,48,49,54)(H4,50,51,55)(H4,52,53,56)/t26-,28+,29+,30+,31+,32+,33+,34?,37+/m1/s1. The van der Waals surface area contributed by atoms with Crippen LogP contribution in [0, 0.1) is 0 Å². The molecule has 3 aliphatic rings. The molecular formula is C47H76N18O13S. The van der Waals surface area contributed by atoms with Crippen molar-refractivity contribution in [3.63, 3.8) is 0 Å². The molecule has 32 heteroatoms. The normalized spacial score (nSPS) is 19.8. The van der Waals surface area contributed by atoms with E-state index < -0.39 is 127 Å². The molecule has 8 amide bonds. The number of guanidine groups is 3. The van der Waals surface area contributed by atoms with Gasteiger partial charge < -0.3 is 95.8 Å². The Balaban J connectivity index is 1.39. The van der Waals surface area contributed by atoms with Crippen LogP contribution in [-0.4, -0.2) is 221 Å². The maximum atomic E-state index is 14.3. The molecule has 3 fully saturated rings. The van der Waals surface area contributed by atoms with Crippen molar-refractivity contribution in [3.8, 4) is 0 Å². The predicted molar refractivity (Wildman–Crippen MR) is 287 cm³/mol. The summed E-state index contributed by atoms with van der Waals surface area (Å²) < 4.78 is 0. The van der Waals surface area contributed by atoms with E-state index >= 15 is 0 Å². The minimum atomic E-state index is -1.45. The number of carbonyl (C=O) groups excluding carboxylic acids is 9. The number of hydrogen-bond acceptors (Lipinski definition) is 17. The van der Waals surface area contributed by atoms with E-state index in [9.17, 15) is 63.3 Å². The van der Waals surface area contributed by atoms with Gasteiger partial charge in [-0.05, 0) is 82.1 Å². The lowest BCUT2D eigenvalue weighted by molar-refractivity contribution is -0.149. The Morgan fingerprint density at radius 3 is 1.95 bits per heavy atom. The second-order valence-electron chi connectivity index (χ2n) is 19.1. The first-order valence-electron chi connectivity index (χ1n) is 25.9. The number of nitrogens with one attached hydrogen (secondary N) is 6. The predicted octanol–water partition coefficient (Wildman–Crippen LogP) is -7.32. The van der Waals surface area contributed by atoms with E-state index in [0.29, 0.717) is 30.4 Å². The molecule has 438 valence electrons. The Labute approximate surface area is 459 Å². The number of aldehydes is 1. The van der Waals surface area contributed by atoms with Gasteiger partial charge in [0.15, 0.2) is 17.9 Å². The van der Waals surface area contributed by atoms with Gasteiger partial charge in [0.2, 0.25) is 47.3 Å². The van der Waals surface area contributed by atoms with Crippen molar-refractivity contribution in [2.24, 2.45) is 49.4 Å². The number of carboxylic acid groups (broad SMARTS) is 1. The molecule has 0 aromatic carbocycles. The quantitative estimate of drug-likeness (QED) is 0.0138. The van der Waals surface area contributed by atoms with Crippen LogP contribution < -0.4 is 66.3 Å². The van der Waals surface area contributed by atoms with Gasteiger partial charge in [0, 0.05) is 50.6 Å². The van der Waals surface area contributed by atoms with Gasteiger partial charge in [-0.15, -0.1) is 11.3 Å². The van der Waals surface area contributed by atoms with Crippen LogP contribution in [0.3, 0.4) is 0 Å². The Bertz CT molecular complexity index is 2370. The van der Waals surface area contributed by atoms with E-state index in [4.69, 9.17) is 34.4 Å². The zero-order chi connectivity index (χ0) is 58.2. The maximum absolute atomic E-state index is 14.3. The second kappa shape index (κ2) is 32.3. The first kappa shape index (κ1) is 63.8. The van der Waals surface area contributed by atoms with E-state index in [0.717, 1.165) is 4.90 Å². The highest BCUT2D eigenvalue weighted by Crippen LogP contribution is 2.26. The van der Waals surface area contributed by atoms with Gasteiger partial charge in [0.25, 0.3) is 0 Å². The topological polar surface area (TPSA) is 506 Å². The molecule has 4 heterocycles. The molecule has 1 unspecified atom stereocenters. The molecule has 21 N–H and O–H groups in total. The first-order valence-corrected chi connectivity index (χ1v) is 26.8. The van der Waals surface area contributed by atoms with Crippen LogP contribution in [0.4, 0.5) is 0 Å². The Hall–Kier alpha value is -7.71. The summed E-state index contributed by atoms with van der Waals surface area (Å²) in [6.07, 6.45) is 1.32. The summed E-state index contributed by atoms with van der Waals surface area (Å²) in [4.78, 5) is 149. The summed E-state index contributed by atoms with van der Waals surface area (Å²) in [5, 5.41) is 48.5. The molecule has 0 saturated carbocycles. The van der Waals surface area contributed by atoms with Gasteiger partial charge in [-0.25, -0.2) is 4.79 Å². The minimum absolute atomic E-state index is 0.00983. The van der Waals surface area contributed by atoms with Crippen molar-refractivity contribution < 1.29 is 63.3 Å². The van der Waals surface area contributed by atoms with E-state index in [1.165, 1.54) is 21.1 Å². The molecule has 1 aromatic rings. The Morgan fingerprint density at radius 2 is 1.35 bits per heavy atom. The Kier molecular flexibility index (Phi) is 26.1. The van der Waals surface area contributed by atoms with Crippen molar-refractivity contribution in [1.82, 2.24) is 46.6 Å². The summed E-state index contributed by atoms with van der Waals surface area (Å²) in [6.45, 7) is -1.41. The number of carboxylic acids is 1. The molecule has 0 spiro atoms. The van der Waals surface area contributed by atoms with Crippen molar-refractivity contribution in [2.45, 2.75) is 131 Å². The highest BCUT2D eigenvalue weighted by molar-refractivity contribution is 7.09. The first-order chi connectivity index (χ1) is 37.6. The number of aliphatic hydroxyl groups is 2. The van der Waals surface area contributed by atoms with Crippen LogP contribution in [0.5, 0.6) is 0 Å². The summed E-state index contributed by atoms with van der Waals surface area (Å²) in [7, 11) is 0. The van der Waals surface area contributed by atoms with Crippen molar-refractivity contribution in [2.75, 3.05) is 59.0 Å². The maximum Gasteiger partial charge on any atom is 0.326 e. The van der Waals surface area contributed by atoms with Crippen molar-refractivity contribution >= 4 is 88.7 Å². The largest absolute Gasteiger partial charge is 0.480 e. The molecule has 0 radical (unpaired) electrons. The number of rotatable bonds is 32. The third kappa shape index (κ3) is 20.6.